The number of hydrogen-bond donors (Lipinski definition) is 3. The van der Waals surface area contributed by atoms with Gasteiger partial charge in [-0.05, 0) is 28.3 Å². The molecule has 31 heavy (non-hydrogen) atoms. The van der Waals surface area contributed by atoms with Crippen molar-refractivity contribution in [2.45, 2.75) is 5.75 Å². The van der Waals surface area contributed by atoms with Crippen molar-refractivity contribution in [3.05, 3.63) is 77.9 Å². The number of azo groups is 1. The van der Waals surface area contributed by atoms with E-state index in [9.17, 15) is 28.0 Å². The Labute approximate surface area is 176 Å². The number of aromatic hydroxyl groups is 1. The molecule has 8 nitrogen and oxygen atoms in total. The molecule has 0 radical (unpaired) electrons. The van der Waals surface area contributed by atoms with Crippen LogP contribution in [0.25, 0.3) is 21.5 Å². The van der Waals surface area contributed by atoms with Crippen LogP contribution >= 0.6 is 0 Å². The Balaban J connectivity index is 1.94. The number of rotatable bonds is 5. The van der Waals surface area contributed by atoms with E-state index in [0.717, 1.165) is 5.39 Å². The molecular weight excluding hydrogens is 420 g/mol. The van der Waals surface area contributed by atoms with Crippen molar-refractivity contribution in [1.29, 1.82) is 0 Å². The van der Waals surface area contributed by atoms with E-state index in [1.807, 2.05) is 0 Å². The average molecular weight is 436 g/mol. The van der Waals surface area contributed by atoms with Crippen LogP contribution in [0.5, 0.6) is 5.75 Å². The summed E-state index contributed by atoms with van der Waals surface area (Å²) in [4.78, 5) is 11.5. The standard InChI is InChI=1S/C22H16N2O6S/c25-21-17(22(26)27)11-14-6-2-4-8-16(14)20(21)24-23-19-10-9-13-5-1-3-7-15(13)18(19)12-31(28,29)30/h1-11,25H,12H2,(H,26,27)(H,28,29,30). The van der Waals surface area contributed by atoms with Crippen molar-refractivity contribution < 1.29 is 28.0 Å². The van der Waals surface area contributed by atoms with Gasteiger partial charge in [-0.25, -0.2) is 4.79 Å². The molecule has 4 aromatic rings. The van der Waals surface area contributed by atoms with Gasteiger partial charge in [-0.1, -0.05) is 54.6 Å². The fourth-order valence-electron chi connectivity index (χ4n) is 3.44. The summed E-state index contributed by atoms with van der Waals surface area (Å²) >= 11 is 0. The van der Waals surface area contributed by atoms with Crippen molar-refractivity contribution >= 4 is 49.0 Å². The van der Waals surface area contributed by atoms with E-state index in [0.29, 0.717) is 16.2 Å². The topological polar surface area (TPSA) is 137 Å². The van der Waals surface area contributed by atoms with E-state index in [2.05, 4.69) is 10.2 Å². The molecule has 0 bridgehead atoms. The normalized spacial score (nSPS) is 12.0. The highest BCUT2D eigenvalue weighted by atomic mass is 32.2. The van der Waals surface area contributed by atoms with Gasteiger partial charge in [0.2, 0.25) is 0 Å². The number of fused-ring (bicyclic) bond motifs is 2. The monoisotopic (exact) mass is 436 g/mol. The minimum atomic E-state index is -4.36. The van der Waals surface area contributed by atoms with Gasteiger partial charge in [0, 0.05) is 10.9 Å². The summed E-state index contributed by atoms with van der Waals surface area (Å²) in [6.45, 7) is 0. The van der Waals surface area contributed by atoms with Gasteiger partial charge in [-0.3, -0.25) is 4.55 Å². The summed E-state index contributed by atoms with van der Waals surface area (Å²) in [5.41, 5.74) is 0.0221. The molecule has 0 saturated heterocycles. The van der Waals surface area contributed by atoms with Gasteiger partial charge in [0.05, 0.1) is 5.69 Å². The number of phenols is 1. The number of nitrogens with zero attached hydrogens (tertiary/aromatic N) is 2. The highest BCUT2D eigenvalue weighted by Crippen LogP contribution is 2.40. The molecule has 0 fully saturated rings. The number of aromatic carboxylic acids is 1. The fourth-order valence-corrected chi connectivity index (χ4v) is 4.11. The lowest BCUT2D eigenvalue weighted by Crippen LogP contribution is -2.02. The highest BCUT2D eigenvalue weighted by molar-refractivity contribution is 7.85. The summed E-state index contributed by atoms with van der Waals surface area (Å²) in [6.07, 6.45) is 0. The molecule has 0 aliphatic carbocycles. The van der Waals surface area contributed by atoms with Gasteiger partial charge >= 0.3 is 5.97 Å². The Morgan fingerprint density at radius 1 is 0.871 bits per heavy atom. The van der Waals surface area contributed by atoms with Crippen LogP contribution in [0.15, 0.2) is 77.0 Å². The third-order valence-corrected chi connectivity index (χ3v) is 5.48. The molecule has 0 atom stereocenters. The molecule has 4 aromatic carbocycles. The summed E-state index contributed by atoms with van der Waals surface area (Å²) in [7, 11) is -4.36. The molecule has 9 heteroatoms. The zero-order valence-corrected chi connectivity index (χ0v) is 16.7. The molecule has 156 valence electrons. The molecule has 0 spiro atoms. The van der Waals surface area contributed by atoms with Crippen molar-refractivity contribution in [1.82, 2.24) is 0 Å². The molecule has 0 aliphatic heterocycles. The third-order valence-electron chi connectivity index (χ3n) is 4.83. The average Bonchev–Trinajstić information content (AvgIpc) is 2.72. The summed E-state index contributed by atoms with van der Waals surface area (Å²) in [5.74, 6) is -2.55. The molecule has 0 amide bonds. The van der Waals surface area contributed by atoms with Crippen LogP contribution < -0.4 is 0 Å². The maximum atomic E-state index is 11.6. The molecule has 0 saturated carbocycles. The van der Waals surface area contributed by atoms with E-state index < -0.39 is 27.6 Å². The maximum absolute atomic E-state index is 11.6. The fraction of sp³-hybridized carbons (Fsp3) is 0.0455. The lowest BCUT2D eigenvalue weighted by atomic mass is 10.0. The predicted octanol–water partition coefficient (Wildman–Crippen LogP) is 5.20. The second-order valence-electron chi connectivity index (χ2n) is 6.86. The van der Waals surface area contributed by atoms with Gasteiger partial charge in [-0.2, -0.15) is 13.5 Å². The quantitative estimate of drug-likeness (QED) is 0.290. The number of benzene rings is 4. The summed E-state index contributed by atoms with van der Waals surface area (Å²) in [5, 5.41) is 30.4. The highest BCUT2D eigenvalue weighted by Gasteiger charge is 2.18. The van der Waals surface area contributed by atoms with Crippen LogP contribution in [0.3, 0.4) is 0 Å². The van der Waals surface area contributed by atoms with Crippen LogP contribution in [0.1, 0.15) is 15.9 Å². The molecule has 3 N–H and O–H groups in total. The van der Waals surface area contributed by atoms with E-state index in [1.54, 1.807) is 60.7 Å². The SMILES string of the molecule is O=C(O)c1cc2ccccc2c(N=Nc2ccc3ccccc3c2CS(=O)(=O)O)c1O. The first-order chi connectivity index (χ1) is 14.7. The van der Waals surface area contributed by atoms with E-state index >= 15 is 0 Å². The molecule has 0 aromatic heterocycles. The smallest absolute Gasteiger partial charge is 0.339 e. The zero-order valence-electron chi connectivity index (χ0n) is 15.9. The molecule has 4 rings (SSSR count). The lowest BCUT2D eigenvalue weighted by molar-refractivity contribution is 0.0694. The van der Waals surface area contributed by atoms with E-state index in [1.165, 1.54) is 6.07 Å². The van der Waals surface area contributed by atoms with Gasteiger partial charge < -0.3 is 10.2 Å². The van der Waals surface area contributed by atoms with Crippen LogP contribution in [-0.2, 0) is 15.9 Å². The van der Waals surface area contributed by atoms with Crippen molar-refractivity contribution in [2.75, 3.05) is 0 Å². The second-order valence-corrected chi connectivity index (χ2v) is 8.31. The molecule has 0 heterocycles. The van der Waals surface area contributed by atoms with Gasteiger partial charge in [-0.15, -0.1) is 5.11 Å². The minimum Gasteiger partial charge on any atom is -0.505 e. The first-order valence-corrected chi connectivity index (χ1v) is 10.7. The Morgan fingerprint density at radius 2 is 1.52 bits per heavy atom. The number of carboxylic acid groups (broad SMARTS) is 1. The van der Waals surface area contributed by atoms with E-state index in [4.69, 9.17) is 0 Å². The first-order valence-electron chi connectivity index (χ1n) is 9.10. The Morgan fingerprint density at radius 3 is 2.19 bits per heavy atom. The van der Waals surface area contributed by atoms with Crippen LogP contribution in [0, 0.1) is 0 Å². The van der Waals surface area contributed by atoms with Crippen molar-refractivity contribution in [3.8, 4) is 5.75 Å². The molecule has 0 unspecified atom stereocenters. The van der Waals surface area contributed by atoms with Crippen LogP contribution in [0.2, 0.25) is 0 Å². The van der Waals surface area contributed by atoms with Crippen LogP contribution in [-0.4, -0.2) is 29.2 Å². The Bertz CT molecular complexity index is 1480. The van der Waals surface area contributed by atoms with E-state index in [-0.39, 0.29) is 22.5 Å². The number of hydrogen-bond acceptors (Lipinski definition) is 6. The minimum absolute atomic E-state index is 0.0542. The van der Waals surface area contributed by atoms with Gasteiger partial charge in [0.25, 0.3) is 10.1 Å². The van der Waals surface area contributed by atoms with Gasteiger partial charge in [0.1, 0.15) is 17.0 Å². The van der Waals surface area contributed by atoms with Crippen molar-refractivity contribution in [2.24, 2.45) is 10.2 Å². The number of carboxylic acids is 1. The predicted molar refractivity (Wildman–Crippen MR) is 116 cm³/mol. The largest absolute Gasteiger partial charge is 0.505 e. The van der Waals surface area contributed by atoms with Crippen LogP contribution in [0.4, 0.5) is 11.4 Å². The number of carbonyl (C=O) groups is 1. The van der Waals surface area contributed by atoms with Gasteiger partial charge in [0.15, 0.2) is 5.75 Å². The second kappa shape index (κ2) is 7.78. The summed E-state index contributed by atoms with van der Waals surface area (Å²) in [6, 6.07) is 18.4. The Kier molecular flexibility index (Phi) is 5.14. The van der Waals surface area contributed by atoms with Crippen molar-refractivity contribution in [3.63, 3.8) is 0 Å². The zero-order chi connectivity index (χ0) is 22.2. The Hall–Kier alpha value is -3.82. The molecule has 0 aliphatic rings. The summed E-state index contributed by atoms with van der Waals surface area (Å²) < 4.78 is 32.6. The third kappa shape index (κ3) is 4.09. The molecular formula is C22H16N2O6S. The maximum Gasteiger partial charge on any atom is 0.339 e. The first kappa shape index (κ1) is 20.5. The lowest BCUT2D eigenvalue weighted by Gasteiger charge is -2.10.